The van der Waals surface area contributed by atoms with Gasteiger partial charge in [0.15, 0.2) is 11.6 Å². The minimum Gasteiger partial charge on any atom is -0.478 e. The highest BCUT2D eigenvalue weighted by Crippen LogP contribution is 2.48. The molecule has 0 aromatic heterocycles. The smallest absolute Gasteiger partial charge is 0.332 e. The summed E-state index contributed by atoms with van der Waals surface area (Å²) in [7, 11) is 0. The Hall–Kier alpha value is -2.77. The molecule has 0 bridgehead atoms. The number of carbonyl (C=O) groups is 2. The molecule has 0 aliphatic carbocycles. The Morgan fingerprint density at radius 2 is 1.87 bits per heavy atom. The lowest BCUT2D eigenvalue weighted by molar-refractivity contribution is -0.132. The van der Waals surface area contributed by atoms with Crippen LogP contribution in [0.2, 0.25) is 5.02 Å². The van der Waals surface area contributed by atoms with E-state index in [0.29, 0.717) is 43.2 Å². The molecule has 0 saturated carbocycles. The van der Waals surface area contributed by atoms with Crippen molar-refractivity contribution in [2.24, 2.45) is 0 Å². The minimum atomic E-state index is -1.16. The van der Waals surface area contributed by atoms with Gasteiger partial charge in [-0.05, 0) is 61.8 Å². The number of carboxylic acid groups (broad SMARTS) is 1. The summed E-state index contributed by atoms with van der Waals surface area (Å²) in [4.78, 5) is 27.8. The fourth-order valence-electron chi connectivity index (χ4n) is 4.54. The minimum absolute atomic E-state index is 0.129. The molecule has 2 aliphatic rings. The summed E-state index contributed by atoms with van der Waals surface area (Å²) in [6.45, 7) is 5.42. The number of nitrogens with zero attached hydrogens (tertiary/aromatic N) is 2. The molecule has 1 spiro atoms. The van der Waals surface area contributed by atoms with Crippen LogP contribution in [0.5, 0.6) is 0 Å². The molecule has 0 atom stereocenters. The zero-order valence-electron chi connectivity index (χ0n) is 16.7. The van der Waals surface area contributed by atoms with Crippen LogP contribution in [0.1, 0.15) is 28.8 Å². The average Bonchev–Trinajstić information content (AvgIpc) is 3.04. The molecule has 8 heteroatoms. The van der Waals surface area contributed by atoms with E-state index in [9.17, 15) is 18.4 Å². The summed E-state index contributed by atoms with van der Waals surface area (Å²) in [5.41, 5.74) is 0.974. The lowest BCUT2D eigenvalue weighted by Gasteiger charge is -2.40. The molecule has 0 unspecified atom stereocenters. The summed E-state index contributed by atoms with van der Waals surface area (Å²) in [6, 6.07) is 8.81. The van der Waals surface area contributed by atoms with E-state index in [0.717, 1.165) is 11.6 Å². The van der Waals surface area contributed by atoms with E-state index < -0.39 is 23.5 Å². The zero-order valence-corrected chi connectivity index (χ0v) is 17.5. The SMILES string of the molecule is C=C(CN1CCC2(CC1)CN(C(=O)c1cccc(F)c1F)c1ccc(Cl)cc12)C(=O)O. The number of amides is 1. The van der Waals surface area contributed by atoms with Crippen LogP contribution in [0, 0.1) is 11.6 Å². The number of hydrogen-bond acceptors (Lipinski definition) is 3. The van der Waals surface area contributed by atoms with Gasteiger partial charge in [0.1, 0.15) is 0 Å². The molecule has 1 N–H and O–H groups in total. The first-order valence-corrected chi connectivity index (χ1v) is 10.3. The van der Waals surface area contributed by atoms with Gasteiger partial charge in [-0.15, -0.1) is 0 Å². The van der Waals surface area contributed by atoms with Gasteiger partial charge >= 0.3 is 5.97 Å². The Morgan fingerprint density at radius 3 is 2.55 bits per heavy atom. The van der Waals surface area contributed by atoms with E-state index in [1.165, 1.54) is 17.0 Å². The Kier molecular flexibility index (Phi) is 5.58. The Bertz CT molecular complexity index is 1080. The van der Waals surface area contributed by atoms with E-state index in [2.05, 4.69) is 6.58 Å². The van der Waals surface area contributed by atoms with E-state index in [-0.39, 0.29) is 23.1 Å². The number of carboxylic acids is 1. The summed E-state index contributed by atoms with van der Waals surface area (Å²) < 4.78 is 28.0. The molecule has 4 rings (SSSR count). The molecule has 2 heterocycles. The molecule has 1 fully saturated rings. The number of halogens is 3. The fourth-order valence-corrected chi connectivity index (χ4v) is 4.71. The van der Waals surface area contributed by atoms with Crippen molar-refractivity contribution in [2.45, 2.75) is 18.3 Å². The third-order valence-electron chi connectivity index (χ3n) is 6.24. The maximum Gasteiger partial charge on any atom is 0.332 e. The highest BCUT2D eigenvalue weighted by atomic mass is 35.5. The molecule has 2 aliphatic heterocycles. The van der Waals surface area contributed by atoms with Crippen molar-refractivity contribution in [3.63, 3.8) is 0 Å². The monoisotopic (exact) mass is 446 g/mol. The van der Waals surface area contributed by atoms with E-state index in [1.54, 1.807) is 12.1 Å². The summed E-state index contributed by atoms with van der Waals surface area (Å²) in [5.74, 6) is -3.85. The number of piperidine rings is 1. The molecule has 2 aromatic rings. The van der Waals surface area contributed by atoms with Gasteiger partial charge in [-0.1, -0.05) is 24.2 Å². The van der Waals surface area contributed by atoms with Crippen molar-refractivity contribution < 1.29 is 23.5 Å². The summed E-state index contributed by atoms with van der Waals surface area (Å²) >= 11 is 6.25. The number of carbonyl (C=O) groups excluding carboxylic acids is 1. The number of fused-ring (bicyclic) bond motifs is 2. The third kappa shape index (κ3) is 3.83. The number of aliphatic carboxylic acids is 1. The fraction of sp³-hybridized carbons (Fsp3) is 0.304. The van der Waals surface area contributed by atoms with Crippen LogP contribution in [-0.4, -0.2) is 48.1 Å². The van der Waals surface area contributed by atoms with Crippen LogP contribution in [0.25, 0.3) is 0 Å². The van der Waals surface area contributed by atoms with Crippen LogP contribution >= 0.6 is 11.6 Å². The first-order valence-electron chi connectivity index (χ1n) is 9.91. The molecule has 5 nitrogen and oxygen atoms in total. The van der Waals surface area contributed by atoms with Gasteiger partial charge in [0.25, 0.3) is 5.91 Å². The van der Waals surface area contributed by atoms with Crippen LogP contribution in [0.3, 0.4) is 0 Å². The molecular weight excluding hydrogens is 426 g/mol. The second kappa shape index (κ2) is 8.05. The van der Waals surface area contributed by atoms with Gasteiger partial charge in [0.2, 0.25) is 0 Å². The van der Waals surface area contributed by atoms with Gasteiger partial charge in [0.05, 0.1) is 5.56 Å². The quantitative estimate of drug-likeness (QED) is 0.713. The summed E-state index contributed by atoms with van der Waals surface area (Å²) in [5, 5.41) is 9.62. The average molecular weight is 447 g/mol. The van der Waals surface area contributed by atoms with Crippen molar-refractivity contribution in [1.29, 1.82) is 0 Å². The van der Waals surface area contributed by atoms with Crippen molar-refractivity contribution >= 4 is 29.2 Å². The summed E-state index contributed by atoms with van der Waals surface area (Å²) in [6.07, 6.45) is 1.34. The highest BCUT2D eigenvalue weighted by Gasteiger charge is 2.47. The molecule has 162 valence electrons. The predicted molar refractivity (Wildman–Crippen MR) is 114 cm³/mol. The highest BCUT2D eigenvalue weighted by molar-refractivity contribution is 6.30. The standard InChI is InChI=1S/C23H21ClF2N2O3/c1-14(22(30)31)12-27-9-7-23(8-10-27)13-28(19-6-5-15(24)11-17(19)23)21(29)16-3-2-4-18(25)20(16)26/h2-6,11H,1,7-10,12-13H2,(H,30,31). The van der Waals surface area contributed by atoms with Gasteiger partial charge < -0.3 is 10.0 Å². The number of benzene rings is 2. The van der Waals surface area contributed by atoms with E-state index in [4.69, 9.17) is 16.7 Å². The first-order chi connectivity index (χ1) is 14.7. The van der Waals surface area contributed by atoms with Crippen molar-refractivity contribution in [2.75, 3.05) is 31.1 Å². The molecule has 1 saturated heterocycles. The Labute approximate surface area is 183 Å². The van der Waals surface area contributed by atoms with Crippen molar-refractivity contribution in [3.8, 4) is 0 Å². The Balaban J connectivity index is 1.63. The third-order valence-corrected chi connectivity index (χ3v) is 6.47. The van der Waals surface area contributed by atoms with Crippen molar-refractivity contribution in [1.82, 2.24) is 4.90 Å². The Morgan fingerprint density at radius 1 is 1.16 bits per heavy atom. The van der Waals surface area contributed by atoms with Crippen LogP contribution < -0.4 is 4.90 Å². The second-order valence-corrected chi connectivity index (χ2v) is 8.56. The first kappa shape index (κ1) is 21.5. The molecular formula is C23H21ClF2N2O3. The maximum atomic E-state index is 14.3. The number of likely N-dealkylation sites (tertiary alicyclic amines) is 1. The van der Waals surface area contributed by atoms with Crippen LogP contribution in [0.15, 0.2) is 48.6 Å². The topological polar surface area (TPSA) is 60.9 Å². The van der Waals surface area contributed by atoms with Gasteiger partial charge in [-0.3, -0.25) is 9.69 Å². The van der Waals surface area contributed by atoms with Crippen molar-refractivity contribution in [3.05, 3.63) is 76.3 Å². The van der Waals surface area contributed by atoms with Crippen LogP contribution in [0.4, 0.5) is 14.5 Å². The number of anilines is 1. The maximum absolute atomic E-state index is 14.3. The van der Waals surface area contributed by atoms with E-state index in [1.807, 2.05) is 11.0 Å². The predicted octanol–water partition coefficient (Wildman–Crippen LogP) is 4.25. The second-order valence-electron chi connectivity index (χ2n) is 8.12. The van der Waals surface area contributed by atoms with E-state index >= 15 is 0 Å². The van der Waals surface area contributed by atoms with Gasteiger partial charge in [-0.25, -0.2) is 13.6 Å². The molecule has 0 radical (unpaired) electrons. The van der Waals surface area contributed by atoms with Gasteiger partial charge in [-0.2, -0.15) is 0 Å². The zero-order chi connectivity index (χ0) is 22.3. The molecule has 31 heavy (non-hydrogen) atoms. The number of hydrogen-bond donors (Lipinski definition) is 1. The van der Waals surface area contributed by atoms with Crippen LogP contribution in [-0.2, 0) is 10.2 Å². The molecule has 2 aromatic carbocycles. The van der Waals surface area contributed by atoms with Gasteiger partial charge in [0, 0.05) is 34.8 Å². The largest absolute Gasteiger partial charge is 0.478 e. The number of rotatable bonds is 4. The lowest BCUT2D eigenvalue weighted by atomic mass is 9.74. The normalized spacial score (nSPS) is 17.6. The lowest BCUT2D eigenvalue weighted by Crippen LogP contribution is -2.46. The molecule has 1 amide bonds.